The van der Waals surface area contributed by atoms with E-state index in [0.717, 1.165) is 11.6 Å². The molecule has 0 radical (unpaired) electrons. The zero-order valence-corrected chi connectivity index (χ0v) is 8.44. The maximum atomic E-state index is 11.3. The molecule has 2 rings (SSSR count). The summed E-state index contributed by atoms with van der Waals surface area (Å²) in [5.74, 6) is 1.47. The van der Waals surface area contributed by atoms with Crippen molar-refractivity contribution in [2.75, 3.05) is 16.5 Å². The van der Waals surface area contributed by atoms with Crippen LogP contribution in [-0.2, 0) is 4.79 Å². The third-order valence-electron chi connectivity index (χ3n) is 1.87. The Labute approximate surface area is 85.9 Å². The minimum absolute atomic E-state index is 0.160. The summed E-state index contributed by atoms with van der Waals surface area (Å²) in [6.07, 6.45) is 0. The summed E-state index contributed by atoms with van der Waals surface area (Å²) in [4.78, 5) is 13.1. The first-order valence-corrected chi connectivity index (χ1v) is 5.44. The number of rotatable bonds is 1. The summed E-state index contributed by atoms with van der Waals surface area (Å²) >= 11 is 7.45. The molecule has 0 aromatic heterocycles. The maximum absolute atomic E-state index is 11.3. The van der Waals surface area contributed by atoms with Crippen molar-refractivity contribution in [2.24, 2.45) is 0 Å². The highest BCUT2D eigenvalue weighted by Gasteiger charge is 2.21. The second kappa shape index (κ2) is 3.60. The third-order valence-corrected chi connectivity index (χ3v) is 2.99. The van der Waals surface area contributed by atoms with Crippen molar-refractivity contribution in [1.29, 1.82) is 0 Å². The predicted octanol–water partition coefficient (Wildman–Crippen LogP) is 2.38. The van der Waals surface area contributed by atoms with Crippen LogP contribution in [0.5, 0.6) is 0 Å². The van der Waals surface area contributed by atoms with Crippen LogP contribution >= 0.6 is 23.4 Å². The van der Waals surface area contributed by atoms with Crippen molar-refractivity contribution in [3.8, 4) is 0 Å². The number of thioether (sulfide) groups is 1. The Morgan fingerprint density at radius 1 is 1.46 bits per heavy atom. The molecule has 68 valence electrons. The van der Waals surface area contributed by atoms with Gasteiger partial charge in [-0.25, -0.2) is 0 Å². The highest BCUT2D eigenvalue weighted by molar-refractivity contribution is 8.00. The van der Waals surface area contributed by atoms with Gasteiger partial charge in [0.2, 0.25) is 5.91 Å². The van der Waals surface area contributed by atoms with Crippen LogP contribution in [0.2, 0.25) is 5.02 Å². The van der Waals surface area contributed by atoms with E-state index in [1.54, 1.807) is 22.7 Å². The summed E-state index contributed by atoms with van der Waals surface area (Å²) in [6, 6.07) is 7.37. The Morgan fingerprint density at radius 2 is 2.31 bits per heavy atom. The Balaban J connectivity index is 2.29. The second-order valence-corrected chi connectivity index (χ2v) is 4.17. The minimum Gasteiger partial charge on any atom is -0.302 e. The van der Waals surface area contributed by atoms with E-state index in [-0.39, 0.29) is 5.91 Å². The molecule has 0 atom stereocenters. The van der Waals surface area contributed by atoms with Crippen molar-refractivity contribution in [3.63, 3.8) is 0 Å². The van der Waals surface area contributed by atoms with Crippen molar-refractivity contribution in [3.05, 3.63) is 29.3 Å². The van der Waals surface area contributed by atoms with Crippen LogP contribution in [0, 0.1) is 0 Å². The lowest BCUT2D eigenvalue weighted by Crippen LogP contribution is -2.24. The van der Waals surface area contributed by atoms with Crippen LogP contribution in [0.4, 0.5) is 5.69 Å². The first-order chi connectivity index (χ1) is 6.27. The monoisotopic (exact) mass is 213 g/mol. The van der Waals surface area contributed by atoms with Gasteiger partial charge in [-0.15, -0.1) is 11.8 Å². The molecule has 4 heteroatoms. The first-order valence-electron chi connectivity index (χ1n) is 3.91. The summed E-state index contributed by atoms with van der Waals surface area (Å²) in [5, 5.41) is 0.669. The quantitative estimate of drug-likeness (QED) is 0.714. The number of benzene rings is 1. The van der Waals surface area contributed by atoms with E-state index in [1.165, 1.54) is 0 Å². The molecule has 0 unspecified atom stereocenters. The van der Waals surface area contributed by atoms with E-state index in [0.29, 0.717) is 10.8 Å². The van der Waals surface area contributed by atoms with Gasteiger partial charge in [0.15, 0.2) is 0 Å². The molecule has 13 heavy (non-hydrogen) atoms. The number of amides is 1. The number of nitrogens with zero attached hydrogens (tertiary/aromatic N) is 1. The van der Waals surface area contributed by atoms with Crippen molar-refractivity contribution in [2.45, 2.75) is 0 Å². The molecule has 0 bridgehead atoms. The van der Waals surface area contributed by atoms with Gasteiger partial charge < -0.3 is 4.90 Å². The Kier molecular flexibility index (Phi) is 2.47. The lowest BCUT2D eigenvalue weighted by atomic mass is 10.3. The van der Waals surface area contributed by atoms with Crippen molar-refractivity contribution in [1.82, 2.24) is 0 Å². The van der Waals surface area contributed by atoms with Gasteiger partial charge in [-0.05, 0) is 18.2 Å². The van der Waals surface area contributed by atoms with E-state index in [9.17, 15) is 4.79 Å². The summed E-state index contributed by atoms with van der Waals surface area (Å²) in [6.45, 7) is 0. The van der Waals surface area contributed by atoms with Crippen LogP contribution in [-0.4, -0.2) is 17.5 Å². The first kappa shape index (κ1) is 8.91. The average Bonchev–Trinajstić information content (AvgIpc) is 2.51. The van der Waals surface area contributed by atoms with E-state index in [2.05, 4.69) is 0 Å². The molecule has 1 heterocycles. The highest BCUT2D eigenvalue weighted by Crippen LogP contribution is 2.25. The normalized spacial score (nSPS) is 16.7. The van der Waals surface area contributed by atoms with Crippen LogP contribution < -0.4 is 4.90 Å². The number of hydrogen-bond donors (Lipinski definition) is 0. The van der Waals surface area contributed by atoms with Crippen LogP contribution in [0.3, 0.4) is 0 Å². The fourth-order valence-electron chi connectivity index (χ4n) is 1.24. The minimum atomic E-state index is 0.160. The van der Waals surface area contributed by atoms with Crippen LogP contribution in [0.1, 0.15) is 0 Å². The van der Waals surface area contributed by atoms with E-state index in [1.807, 2.05) is 18.2 Å². The van der Waals surface area contributed by atoms with Crippen molar-refractivity contribution < 1.29 is 4.79 Å². The highest BCUT2D eigenvalue weighted by atomic mass is 35.5. The lowest BCUT2D eigenvalue weighted by molar-refractivity contribution is -0.115. The Bertz CT molecular complexity index is 342. The Hall–Kier alpha value is -0.670. The zero-order valence-electron chi connectivity index (χ0n) is 6.87. The second-order valence-electron chi connectivity index (χ2n) is 2.78. The van der Waals surface area contributed by atoms with Gasteiger partial charge in [0.25, 0.3) is 0 Å². The van der Waals surface area contributed by atoms with Gasteiger partial charge in [0.1, 0.15) is 0 Å². The lowest BCUT2D eigenvalue weighted by Gasteiger charge is -2.14. The molecular weight excluding hydrogens is 206 g/mol. The molecule has 1 fully saturated rings. The molecule has 1 amide bonds. The van der Waals surface area contributed by atoms with Crippen molar-refractivity contribution >= 4 is 35.0 Å². The largest absolute Gasteiger partial charge is 0.302 e. The topological polar surface area (TPSA) is 20.3 Å². The van der Waals surface area contributed by atoms with E-state index >= 15 is 0 Å². The van der Waals surface area contributed by atoms with Crippen LogP contribution in [0.15, 0.2) is 24.3 Å². The number of anilines is 1. The van der Waals surface area contributed by atoms with Gasteiger partial charge >= 0.3 is 0 Å². The molecule has 1 aliphatic rings. The van der Waals surface area contributed by atoms with E-state index in [4.69, 9.17) is 11.6 Å². The van der Waals surface area contributed by atoms with Gasteiger partial charge in [-0.3, -0.25) is 4.79 Å². The number of carbonyl (C=O) groups is 1. The summed E-state index contributed by atoms with van der Waals surface area (Å²) < 4.78 is 0. The maximum Gasteiger partial charge on any atom is 0.237 e. The van der Waals surface area contributed by atoms with Gasteiger partial charge in [-0.1, -0.05) is 17.7 Å². The van der Waals surface area contributed by atoms with E-state index < -0.39 is 0 Å². The SMILES string of the molecule is O=C1CSCN1c1cccc(Cl)c1. The Morgan fingerprint density at radius 3 is 2.92 bits per heavy atom. The van der Waals surface area contributed by atoms with Gasteiger partial charge in [0.05, 0.1) is 11.6 Å². The standard InChI is InChI=1S/C9H8ClNOS/c10-7-2-1-3-8(4-7)11-6-13-5-9(11)12/h1-4H,5-6H2. The third kappa shape index (κ3) is 1.81. The van der Waals surface area contributed by atoms with Gasteiger partial charge in [0, 0.05) is 10.7 Å². The molecular formula is C9H8ClNOS. The summed E-state index contributed by atoms with van der Waals surface area (Å²) in [5.41, 5.74) is 0.891. The molecule has 0 spiro atoms. The number of halogens is 1. The zero-order chi connectivity index (χ0) is 9.26. The molecule has 1 aromatic rings. The smallest absolute Gasteiger partial charge is 0.237 e. The fraction of sp³-hybridized carbons (Fsp3) is 0.222. The predicted molar refractivity (Wildman–Crippen MR) is 56.3 cm³/mol. The molecule has 1 aliphatic heterocycles. The summed E-state index contributed by atoms with van der Waals surface area (Å²) in [7, 11) is 0. The molecule has 0 aliphatic carbocycles. The number of carbonyl (C=O) groups excluding carboxylic acids is 1. The molecule has 0 saturated carbocycles. The number of hydrogen-bond acceptors (Lipinski definition) is 2. The van der Waals surface area contributed by atoms with Crippen LogP contribution in [0.25, 0.3) is 0 Å². The molecule has 1 aromatic carbocycles. The molecule has 0 N–H and O–H groups in total. The molecule has 2 nitrogen and oxygen atoms in total. The average molecular weight is 214 g/mol. The fourth-order valence-corrected chi connectivity index (χ4v) is 2.32. The molecule has 1 saturated heterocycles. The van der Waals surface area contributed by atoms with Gasteiger partial charge in [-0.2, -0.15) is 0 Å².